The number of hydrogen-bond donors (Lipinski definition) is 1. The molecule has 9 heteroatoms. The minimum absolute atomic E-state index is 0.0317. The van der Waals surface area contributed by atoms with Crippen LogP contribution >= 0.6 is 34.3 Å². The number of piperidine rings is 3. The lowest BCUT2D eigenvalue weighted by atomic mass is 9.79. The molecule has 1 amide bonds. The highest BCUT2D eigenvalue weighted by atomic mass is 35.5. The highest BCUT2D eigenvalue weighted by Crippen LogP contribution is 2.34. The molecule has 5 heterocycles. The summed E-state index contributed by atoms with van der Waals surface area (Å²) in [6.45, 7) is 4.51. The van der Waals surface area contributed by atoms with Crippen LogP contribution in [0.15, 0.2) is 12.1 Å². The maximum Gasteiger partial charge on any atom is 0.301 e. The first-order chi connectivity index (χ1) is 11.6. The molecule has 5 rings (SSSR count). The molecule has 3 aliphatic heterocycles. The fraction of sp³-hybridized carbons (Fsp3) is 0.533. The van der Waals surface area contributed by atoms with Crippen molar-refractivity contribution in [2.45, 2.75) is 31.8 Å². The minimum Gasteiger partial charge on any atom is -0.419 e. The molecule has 6 nitrogen and oxygen atoms in total. The molecule has 128 valence electrons. The summed E-state index contributed by atoms with van der Waals surface area (Å²) in [5.74, 6) is 0.559. The third kappa shape index (κ3) is 3.15. The Morgan fingerprint density at radius 2 is 2.12 bits per heavy atom. The van der Waals surface area contributed by atoms with E-state index in [1.54, 1.807) is 12.1 Å². The minimum atomic E-state index is -0.0317. The summed E-state index contributed by atoms with van der Waals surface area (Å²) in [6, 6.07) is 4.19. The molecular formula is C15H17ClN4O2S2. The third-order valence-corrected chi connectivity index (χ3v) is 6.71. The van der Waals surface area contributed by atoms with Gasteiger partial charge in [-0.25, -0.2) is 0 Å². The number of carbonyl (C=O) groups excluding carboxylic acids is 1. The van der Waals surface area contributed by atoms with Crippen LogP contribution in [0, 0.1) is 5.92 Å². The lowest BCUT2D eigenvalue weighted by molar-refractivity contribution is 0.0218. The monoisotopic (exact) mass is 384 g/mol. The van der Waals surface area contributed by atoms with Gasteiger partial charge in [0.2, 0.25) is 4.47 Å². The number of thiophene rings is 1. The Hall–Kier alpha value is -1.22. The van der Waals surface area contributed by atoms with Gasteiger partial charge in [0.05, 0.1) is 4.88 Å². The number of nitrogens with zero attached hydrogens (tertiary/aromatic N) is 3. The molecule has 2 atom stereocenters. The first kappa shape index (κ1) is 16.3. The molecule has 1 N–H and O–H groups in total. The first-order valence-corrected chi connectivity index (χ1v) is 9.93. The van der Waals surface area contributed by atoms with E-state index in [-0.39, 0.29) is 11.9 Å². The molecule has 3 aliphatic rings. The zero-order chi connectivity index (χ0) is 16.7. The lowest BCUT2D eigenvalue weighted by Crippen LogP contribution is -2.62. The van der Waals surface area contributed by atoms with Gasteiger partial charge in [-0.3, -0.25) is 9.69 Å². The van der Waals surface area contributed by atoms with E-state index in [2.05, 4.69) is 27.3 Å². The molecule has 3 saturated heterocycles. The van der Waals surface area contributed by atoms with Gasteiger partial charge in [0.1, 0.15) is 0 Å². The highest BCUT2D eigenvalue weighted by molar-refractivity contribution is 7.17. The van der Waals surface area contributed by atoms with Crippen molar-refractivity contribution in [3.8, 4) is 10.3 Å². The Kier molecular flexibility index (Phi) is 4.46. The van der Waals surface area contributed by atoms with E-state index >= 15 is 0 Å². The van der Waals surface area contributed by atoms with E-state index in [1.807, 2.05) is 0 Å². The van der Waals surface area contributed by atoms with Crippen molar-refractivity contribution >= 4 is 40.2 Å². The fourth-order valence-corrected chi connectivity index (χ4v) is 5.07. The molecular weight excluding hydrogens is 368 g/mol. The summed E-state index contributed by atoms with van der Waals surface area (Å²) in [5, 5.41) is 11.7. The topological polar surface area (TPSA) is 67.3 Å². The second-order valence-electron chi connectivity index (χ2n) is 6.15. The van der Waals surface area contributed by atoms with E-state index in [4.69, 9.17) is 16.3 Å². The van der Waals surface area contributed by atoms with Crippen LogP contribution in [0.2, 0.25) is 4.47 Å². The summed E-state index contributed by atoms with van der Waals surface area (Å²) in [7, 11) is 0. The molecule has 2 bridgehead atoms. The first-order valence-electron chi connectivity index (χ1n) is 7.92. The maximum absolute atomic E-state index is 12.6. The van der Waals surface area contributed by atoms with Crippen molar-refractivity contribution in [3.63, 3.8) is 0 Å². The van der Waals surface area contributed by atoms with Crippen molar-refractivity contribution in [2.75, 3.05) is 13.1 Å². The van der Waals surface area contributed by atoms with Crippen LogP contribution in [0.1, 0.15) is 29.4 Å². The van der Waals surface area contributed by atoms with E-state index in [1.165, 1.54) is 24.2 Å². The van der Waals surface area contributed by atoms with Gasteiger partial charge < -0.3 is 10.1 Å². The Labute approximate surface area is 152 Å². The smallest absolute Gasteiger partial charge is 0.301 e. The average molecular weight is 385 g/mol. The third-order valence-electron chi connectivity index (χ3n) is 4.85. The van der Waals surface area contributed by atoms with E-state index in [0.29, 0.717) is 31.6 Å². The molecule has 2 aromatic heterocycles. The summed E-state index contributed by atoms with van der Waals surface area (Å²) in [6.07, 6.45) is 2.35. The van der Waals surface area contributed by atoms with Crippen LogP contribution in [0.5, 0.6) is 10.3 Å². The Balaban J connectivity index is 1.41. The van der Waals surface area contributed by atoms with Crippen molar-refractivity contribution < 1.29 is 9.53 Å². The predicted octanol–water partition coefficient (Wildman–Crippen LogP) is 3.26. The van der Waals surface area contributed by atoms with Gasteiger partial charge in [-0.1, -0.05) is 16.4 Å². The number of halogens is 1. The quantitative estimate of drug-likeness (QED) is 0.876. The molecule has 0 aromatic carbocycles. The number of carbonyl (C=O) groups is 1. The summed E-state index contributed by atoms with van der Waals surface area (Å²) in [5.41, 5.74) is 0. The Morgan fingerprint density at radius 3 is 2.79 bits per heavy atom. The van der Waals surface area contributed by atoms with Crippen molar-refractivity contribution in [1.29, 1.82) is 0 Å². The molecule has 3 fully saturated rings. The van der Waals surface area contributed by atoms with Gasteiger partial charge in [0.25, 0.3) is 5.91 Å². The second kappa shape index (κ2) is 6.59. The van der Waals surface area contributed by atoms with Crippen molar-refractivity contribution in [1.82, 2.24) is 20.4 Å². The standard InChI is InChI=1S/C15H17ClN4O2S2/c1-8-12(9-4-6-20(8)7-5-9)17-13(21)10-2-3-11(23-10)22-15-19-18-14(16)24-15/h2-3,8-9,12H,4-7H2,1H3,(H,17,21). The summed E-state index contributed by atoms with van der Waals surface area (Å²) in [4.78, 5) is 15.7. The molecule has 24 heavy (non-hydrogen) atoms. The Bertz CT molecular complexity index is 739. The zero-order valence-electron chi connectivity index (χ0n) is 13.1. The number of nitrogens with one attached hydrogen (secondary N) is 1. The molecule has 0 saturated carbocycles. The highest BCUT2D eigenvalue weighted by Gasteiger charge is 2.40. The van der Waals surface area contributed by atoms with Crippen LogP contribution in [-0.4, -0.2) is 46.2 Å². The van der Waals surface area contributed by atoms with Crippen LogP contribution < -0.4 is 10.1 Å². The molecule has 0 aliphatic carbocycles. The average Bonchev–Trinajstić information content (AvgIpc) is 3.21. The lowest BCUT2D eigenvalue weighted by Gasteiger charge is -2.49. The van der Waals surface area contributed by atoms with Gasteiger partial charge >= 0.3 is 5.19 Å². The van der Waals surface area contributed by atoms with Crippen LogP contribution in [0.3, 0.4) is 0 Å². The summed E-state index contributed by atoms with van der Waals surface area (Å²) >= 11 is 8.20. The van der Waals surface area contributed by atoms with Crippen molar-refractivity contribution in [3.05, 3.63) is 21.5 Å². The molecule has 0 radical (unpaired) electrons. The van der Waals surface area contributed by atoms with Crippen molar-refractivity contribution in [2.24, 2.45) is 5.92 Å². The van der Waals surface area contributed by atoms with E-state index < -0.39 is 0 Å². The van der Waals surface area contributed by atoms with Crippen LogP contribution in [0.25, 0.3) is 0 Å². The maximum atomic E-state index is 12.6. The largest absolute Gasteiger partial charge is 0.419 e. The second-order valence-corrected chi connectivity index (χ2v) is 8.72. The van der Waals surface area contributed by atoms with Gasteiger partial charge in [0, 0.05) is 12.1 Å². The normalized spacial score (nSPS) is 28.8. The van der Waals surface area contributed by atoms with E-state index in [0.717, 1.165) is 24.4 Å². The van der Waals surface area contributed by atoms with E-state index in [9.17, 15) is 4.79 Å². The van der Waals surface area contributed by atoms with Gasteiger partial charge in [-0.2, -0.15) is 0 Å². The molecule has 2 aromatic rings. The van der Waals surface area contributed by atoms with Crippen LogP contribution in [0.4, 0.5) is 0 Å². The Morgan fingerprint density at radius 1 is 1.33 bits per heavy atom. The van der Waals surface area contributed by atoms with Gasteiger partial charge in [-0.15, -0.1) is 5.10 Å². The summed E-state index contributed by atoms with van der Waals surface area (Å²) < 4.78 is 5.91. The zero-order valence-corrected chi connectivity index (χ0v) is 15.5. The molecule has 2 unspecified atom stereocenters. The number of rotatable bonds is 4. The number of hydrogen-bond acceptors (Lipinski definition) is 7. The predicted molar refractivity (Wildman–Crippen MR) is 94.3 cm³/mol. The SMILES string of the molecule is CC1C(NC(=O)c2ccc(Oc3nnc(Cl)s3)s2)C2CCN1CC2. The number of amides is 1. The number of fused-ring (bicyclic) bond motifs is 3. The fourth-order valence-electron chi connectivity index (χ4n) is 3.59. The van der Waals surface area contributed by atoms with Gasteiger partial charge in [0.15, 0.2) is 5.06 Å². The number of aromatic nitrogens is 2. The van der Waals surface area contributed by atoms with Crippen LogP contribution in [-0.2, 0) is 0 Å². The molecule has 0 spiro atoms. The van der Waals surface area contributed by atoms with Gasteiger partial charge in [-0.05, 0) is 73.8 Å². The number of ether oxygens (including phenoxy) is 1.